The van der Waals surface area contributed by atoms with Crippen LogP contribution in [0.25, 0.3) is 0 Å². The summed E-state index contributed by atoms with van der Waals surface area (Å²) >= 11 is 7.47. The molecule has 0 saturated heterocycles. The van der Waals surface area contributed by atoms with Crippen molar-refractivity contribution in [3.05, 3.63) is 50.9 Å². The fraction of sp³-hybridized carbons (Fsp3) is 0.286. The molecule has 0 spiro atoms. The van der Waals surface area contributed by atoms with Crippen LogP contribution in [0.1, 0.15) is 16.3 Å². The summed E-state index contributed by atoms with van der Waals surface area (Å²) in [6.45, 7) is 0. The molecule has 0 aliphatic heterocycles. The van der Waals surface area contributed by atoms with Crippen LogP contribution < -0.4 is 5.32 Å². The predicted molar refractivity (Wildman–Crippen MR) is 86.9 cm³/mol. The first kappa shape index (κ1) is 16.1. The van der Waals surface area contributed by atoms with Gasteiger partial charge in [-0.15, -0.1) is 11.3 Å². The average molecular weight is 343 g/mol. The molecule has 7 heteroatoms. The van der Waals surface area contributed by atoms with Crippen molar-refractivity contribution in [2.45, 2.75) is 17.9 Å². The lowest BCUT2D eigenvalue weighted by molar-refractivity contribution is -0.119. The lowest BCUT2D eigenvalue weighted by Crippen LogP contribution is -2.19. The molecule has 1 aromatic carbocycles. The highest BCUT2D eigenvalue weighted by Crippen LogP contribution is 2.19. The molecule has 0 saturated carbocycles. The maximum Gasteiger partial charge on any atom is 0.226 e. The van der Waals surface area contributed by atoms with E-state index < -0.39 is 10.8 Å². The summed E-state index contributed by atoms with van der Waals surface area (Å²) in [7, 11) is 0.519. The maximum absolute atomic E-state index is 12.2. The molecule has 1 amide bonds. The SMILES string of the molecule is CNC(=O)Cc1nc(CS(=O)Cc2ccccc2Cl)cs1. The highest BCUT2D eigenvalue weighted by atomic mass is 35.5. The molecule has 1 N–H and O–H groups in total. The molecule has 21 heavy (non-hydrogen) atoms. The van der Waals surface area contributed by atoms with Gasteiger partial charge in [0.1, 0.15) is 5.01 Å². The van der Waals surface area contributed by atoms with Gasteiger partial charge in [0, 0.05) is 28.2 Å². The van der Waals surface area contributed by atoms with Gasteiger partial charge in [0.2, 0.25) is 5.91 Å². The van der Waals surface area contributed by atoms with Crippen molar-refractivity contribution in [1.82, 2.24) is 10.3 Å². The average Bonchev–Trinajstić information content (AvgIpc) is 2.88. The standard InChI is InChI=1S/C14H15ClN2O2S2/c1-16-13(18)6-14-17-11(7-20-14)9-21(19)8-10-4-2-3-5-12(10)15/h2-5,7H,6,8-9H2,1H3,(H,16,18). The second-order valence-corrected chi connectivity index (χ2v) is 7.21. The summed E-state index contributed by atoms with van der Waals surface area (Å²) in [5, 5.41) is 5.77. The first-order valence-corrected chi connectivity index (χ1v) is 9.05. The third-order valence-electron chi connectivity index (χ3n) is 2.77. The number of carbonyl (C=O) groups excluding carboxylic acids is 1. The molecule has 0 fully saturated rings. The van der Waals surface area contributed by atoms with Crippen LogP contribution >= 0.6 is 22.9 Å². The van der Waals surface area contributed by atoms with Crippen LogP contribution in [0.4, 0.5) is 0 Å². The van der Waals surface area contributed by atoms with Gasteiger partial charge in [-0.3, -0.25) is 9.00 Å². The fourth-order valence-electron chi connectivity index (χ4n) is 1.73. The Labute approximate surface area is 135 Å². The molecule has 2 aromatic rings. The minimum atomic E-state index is -1.07. The zero-order valence-corrected chi connectivity index (χ0v) is 13.9. The first-order valence-electron chi connectivity index (χ1n) is 6.30. The van der Waals surface area contributed by atoms with Gasteiger partial charge >= 0.3 is 0 Å². The van der Waals surface area contributed by atoms with Gasteiger partial charge in [0.15, 0.2) is 0 Å². The summed E-state index contributed by atoms with van der Waals surface area (Å²) in [6, 6.07) is 7.39. The monoisotopic (exact) mass is 342 g/mol. The number of carbonyl (C=O) groups is 1. The lowest BCUT2D eigenvalue weighted by atomic mass is 10.2. The topological polar surface area (TPSA) is 59.1 Å². The molecule has 1 unspecified atom stereocenters. The Morgan fingerprint density at radius 1 is 1.38 bits per heavy atom. The van der Waals surface area contributed by atoms with Gasteiger partial charge in [-0.2, -0.15) is 0 Å². The number of benzene rings is 1. The minimum Gasteiger partial charge on any atom is -0.359 e. The van der Waals surface area contributed by atoms with Crippen LogP contribution in [0.2, 0.25) is 5.02 Å². The van der Waals surface area contributed by atoms with Crippen molar-refractivity contribution < 1.29 is 9.00 Å². The molecule has 1 atom stereocenters. The summed E-state index contributed by atoms with van der Waals surface area (Å²) in [5.74, 6) is 0.699. The van der Waals surface area contributed by atoms with Gasteiger partial charge in [-0.25, -0.2) is 4.98 Å². The van der Waals surface area contributed by atoms with Crippen molar-refractivity contribution in [3.63, 3.8) is 0 Å². The molecule has 0 bridgehead atoms. The lowest BCUT2D eigenvalue weighted by Gasteiger charge is -2.03. The van der Waals surface area contributed by atoms with E-state index in [1.54, 1.807) is 13.1 Å². The molecular weight excluding hydrogens is 328 g/mol. The van der Waals surface area contributed by atoms with Crippen LogP contribution in [-0.2, 0) is 33.5 Å². The quantitative estimate of drug-likeness (QED) is 0.877. The Bertz CT molecular complexity index is 658. The van der Waals surface area contributed by atoms with Crippen molar-refractivity contribution in [1.29, 1.82) is 0 Å². The van der Waals surface area contributed by atoms with Gasteiger partial charge in [0.25, 0.3) is 0 Å². The number of hydrogen-bond acceptors (Lipinski definition) is 4. The zero-order chi connectivity index (χ0) is 15.2. The van der Waals surface area contributed by atoms with E-state index in [1.807, 2.05) is 23.6 Å². The van der Waals surface area contributed by atoms with E-state index >= 15 is 0 Å². The predicted octanol–water partition coefficient (Wildman–Crippen LogP) is 2.53. The highest BCUT2D eigenvalue weighted by molar-refractivity contribution is 7.83. The second-order valence-electron chi connectivity index (χ2n) is 4.40. The molecule has 1 heterocycles. The number of thiazole rings is 1. The van der Waals surface area contributed by atoms with E-state index in [1.165, 1.54) is 11.3 Å². The largest absolute Gasteiger partial charge is 0.359 e. The maximum atomic E-state index is 12.2. The van der Waals surface area contributed by atoms with Gasteiger partial charge in [0.05, 0.1) is 23.6 Å². The number of hydrogen-bond donors (Lipinski definition) is 1. The number of nitrogens with one attached hydrogen (secondary N) is 1. The minimum absolute atomic E-state index is 0.0758. The Morgan fingerprint density at radius 2 is 2.14 bits per heavy atom. The Balaban J connectivity index is 1.94. The number of likely N-dealkylation sites (N-methyl/N-ethyl adjacent to an activating group) is 1. The third kappa shape index (κ3) is 4.91. The summed E-state index contributed by atoms with van der Waals surface area (Å²) < 4.78 is 12.2. The third-order valence-corrected chi connectivity index (χ3v) is 5.29. The zero-order valence-electron chi connectivity index (χ0n) is 11.5. The molecule has 112 valence electrons. The molecule has 4 nitrogen and oxygen atoms in total. The van der Waals surface area contributed by atoms with Gasteiger partial charge in [-0.05, 0) is 11.6 Å². The highest BCUT2D eigenvalue weighted by Gasteiger charge is 2.10. The van der Waals surface area contributed by atoms with E-state index in [4.69, 9.17) is 11.6 Å². The van der Waals surface area contributed by atoms with Crippen molar-refractivity contribution in [2.24, 2.45) is 0 Å². The molecular formula is C14H15ClN2O2S2. The molecule has 1 aromatic heterocycles. The van der Waals surface area contributed by atoms with E-state index in [2.05, 4.69) is 10.3 Å². The van der Waals surface area contributed by atoms with Crippen LogP contribution in [0.15, 0.2) is 29.6 Å². The summed E-state index contributed by atoms with van der Waals surface area (Å²) in [6.07, 6.45) is 0.262. The Morgan fingerprint density at radius 3 is 2.86 bits per heavy atom. The number of halogens is 1. The summed E-state index contributed by atoms with van der Waals surface area (Å²) in [4.78, 5) is 15.6. The van der Waals surface area contributed by atoms with Crippen LogP contribution in [0, 0.1) is 0 Å². The molecule has 0 radical (unpaired) electrons. The number of rotatable bonds is 6. The van der Waals surface area contributed by atoms with Gasteiger partial charge in [-0.1, -0.05) is 29.8 Å². The van der Waals surface area contributed by atoms with Gasteiger partial charge < -0.3 is 5.32 Å². The van der Waals surface area contributed by atoms with Crippen molar-refractivity contribution in [2.75, 3.05) is 7.05 Å². The number of nitrogens with zero attached hydrogens (tertiary/aromatic N) is 1. The Hall–Kier alpha value is -1.24. The van der Waals surface area contributed by atoms with Crippen LogP contribution in [0.5, 0.6) is 0 Å². The smallest absolute Gasteiger partial charge is 0.226 e. The molecule has 0 aliphatic carbocycles. The number of amides is 1. The summed E-state index contributed by atoms with van der Waals surface area (Å²) in [5.41, 5.74) is 1.63. The van der Waals surface area contributed by atoms with E-state index in [-0.39, 0.29) is 12.3 Å². The molecule has 2 rings (SSSR count). The normalized spacial score (nSPS) is 12.1. The van der Waals surface area contributed by atoms with Crippen LogP contribution in [-0.4, -0.2) is 22.1 Å². The first-order chi connectivity index (χ1) is 10.1. The number of aromatic nitrogens is 1. The van der Waals surface area contributed by atoms with E-state index in [0.717, 1.165) is 16.3 Å². The van der Waals surface area contributed by atoms with E-state index in [9.17, 15) is 9.00 Å². The van der Waals surface area contributed by atoms with E-state index in [0.29, 0.717) is 16.5 Å². The second kappa shape index (κ2) is 7.68. The molecule has 0 aliphatic rings. The Kier molecular flexibility index (Phi) is 5.90. The van der Waals surface area contributed by atoms with Crippen molar-refractivity contribution >= 4 is 39.6 Å². The van der Waals surface area contributed by atoms with Crippen molar-refractivity contribution in [3.8, 4) is 0 Å². The fourth-order valence-corrected chi connectivity index (χ4v) is 4.09. The van der Waals surface area contributed by atoms with Crippen LogP contribution in [0.3, 0.4) is 0 Å².